The maximum atomic E-state index is 8.91. The van der Waals surface area contributed by atoms with Gasteiger partial charge in [-0.2, -0.15) is 0 Å². The normalized spacial score (nSPS) is 18.2. The molecule has 1 aliphatic rings. The van der Waals surface area contributed by atoms with Gasteiger partial charge in [0.15, 0.2) is 0 Å². The molecule has 0 unspecified atom stereocenters. The Morgan fingerprint density at radius 3 is 1.69 bits per heavy atom. The van der Waals surface area contributed by atoms with E-state index in [4.69, 9.17) is 5.11 Å². The van der Waals surface area contributed by atoms with Crippen molar-refractivity contribution in [1.29, 1.82) is 0 Å². The molecule has 1 nitrogen and oxygen atoms in total. The molecule has 0 saturated heterocycles. The van der Waals surface area contributed by atoms with Gasteiger partial charge in [0.05, 0.1) is 6.10 Å². The van der Waals surface area contributed by atoms with Crippen LogP contribution in [-0.4, -0.2) is 11.2 Å². The highest BCUT2D eigenvalue weighted by Gasteiger charge is 2.07. The van der Waals surface area contributed by atoms with Crippen LogP contribution in [0.2, 0.25) is 0 Å². The van der Waals surface area contributed by atoms with Crippen LogP contribution in [0, 0.1) is 5.92 Å². The van der Waals surface area contributed by atoms with Crippen molar-refractivity contribution in [1.82, 2.24) is 0 Å². The van der Waals surface area contributed by atoms with E-state index >= 15 is 0 Å². The first kappa shape index (κ1) is 13.0. The lowest BCUT2D eigenvalue weighted by Crippen LogP contribution is -2.09. The highest BCUT2D eigenvalue weighted by atomic mass is 16.3. The third-order valence-electron chi connectivity index (χ3n) is 2.97. The summed E-state index contributed by atoms with van der Waals surface area (Å²) >= 11 is 0. The van der Waals surface area contributed by atoms with Gasteiger partial charge in [-0.25, -0.2) is 0 Å². The van der Waals surface area contributed by atoms with Crippen molar-refractivity contribution in [2.75, 3.05) is 0 Å². The molecule has 1 heteroatoms. The van der Waals surface area contributed by atoms with E-state index in [1.165, 1.54) is 32.1 Å². The minimum absolute atomic E-state index is 0.0359. The number of aliphatic hydroxyl groups is 1. The van der Waals surface area contributed by atoms with Crippen LogP contribution < -0.4 is 0 Å². The molecule has 0 spiro atoms. The van der Waals surface area contributed by atoms with E-state index < -0.39 is 0 Å². The van der Waals surface area contributed by atoms with Crippen molar-refractivity contribution >= 4 is 0 Å². The van der Waals surface area contributed by atoms with Gasteiger partial charge in [0.2, 0.25) is 0 Å². The van der Waals surface area contributed by atoms with Crippen molar-refractivity contribution < 1.29 is 5.11 Å². The van der Waals surface area contributed by atoms with Crippen molar-refractivity contribution in [3.05, 3.63) is 0 Å². The topological polar surface area (TPSA) is 20.2 Å². The van der Waals surface area contributed by atoms with Crippen molar-refractivity contribution in [2.45, 2.75) is 71.8 Å². The average Bonchev–Trinajstić information content (AvgIpc) is 2.19. The Kier molecular flexibility index (Phi) is 8.53. The molecule has 0 heterocycles. The van der Waals surface area contributed by atoms with Crippen molar-refractivity contribution in [3.8, 4) is 0 Å². The molecule has 1 rings (SSSR count). The van der Waals surface area contributed by atoms with Gasteiger partial charge in [-0.3, -0.25) is 0 Å². The van der Waals surface area contributed by atoms with Crippen LogP contribution >= 0.6 is 0 Å². The van der Waals surface area contributed by atoms with E-state index in [1.807, 2.05) is 0 Å². The second-order valence-electron chi connectivity index (χ2n) is 4.21. The summed E-state index contributed by atoms with van der Waals surface area (Å²) in [5.41, 5.74) is 0. The van der Waals surface area contributed by atoms with E-state index in [0.717, 1.165) is 18.8 Å². The lowest BCUT2D eigenvalue weighted by molar-refractivity contribution is 0.130. The molecule has 0 aliphatic heterocycles. The van der Waals surface area contributed by atoms with Crippen LogP contribution in [-0.2, 0) is 0 Å². The summed E-state index contributed by atoms with van der Waals surface area (Å²) < 4.78 is 0. The molecule has 0 bridgehead atoms. The second-order valence-corrected chi connectivity index (χ2v) is 4.21. The second kappa shape index (κ2) is 8.55. The highest BCUT2D eigenvalue weighted by molar-refractivity contribution is 4.61. The van der Waals surface area contributed by atoms with Crippen molar-refractivity contribution in [3.63, 3.8) is 0 Å². The maximum absolute atomic E-state index is 8.91. The van der Waals surface area contributed by atoms with Gasteiger partial charge in [-0.15, -0.1) is 0 Å². The average molecular weight is 186 g/mol. The fourth-order valence-corrected chi connectivity index (χ4v) is 1.37. The predicted molar refractivity (Wildman–Crippen MR) is 58.8 cm³/mol. The van der Waals surface area contributed by atoms with Crippen LogP contribution in [0.3, 0.4) is 0 Å². The van der Waals surface area contributed by atoms with Gasteiger partial charge in [-0.1, -0.05) is 52.9 Å². The summed E-state index contributed by atoms with van der Waals surface area (Å²) in [6.45, 7) is 6.74. The molecular weight excluding hydrogens is 160 g/mol. The van der Waals surface area contributed by atoms with E-state index in [-0.39, 0.29) is 6.10 Å². The Morgan fingerprint density at radius 2 is 1.54 bits per heavy atom. The van der Waals surface area contributed by atoms with Crippen LogP contribution in [0.25, 0.3) is 0 Å². The Labute approximate surface area is 83.5 Å². The van der Waals surface area contributed by atoms with Gasteiger partial charge in [0.25, 0.3) is 0 Å². The van der Waals surface area contributed by atoms with Gasteiger partial charge in [-0.05, 0) is 18.8 Å². The molecule has 0 aromatic rings. The monoisotopic (exact) mass is 186 g/mol. The molecular formula is C12H26O. The summed E-state index contributed by atoms with van der Waals surface area (Å²) in [6, 6.07) is 0. The Balaban J connectivity index is 0.000000226. The molecule has 0 radical (unpaired) electrons. The molecule has 1 aliphatic carbocycles. The zero-order valence-electron chi connectivity index (χ0n) is 9.55. The van der Waals surface area contributed by atoms with Crippen LogP contribution in [0.5, 0.6) is 0 Å². The maximum Gasteiger partial charge on any atom is 0.0540 e. The molecule has 0 amide bonds. The Hall–Kier alpha value is -0.0400. The summed E-state index contributed by atoms with van der Waals surface area (Å²) in [4.78, 5) is 0. The van der Waals surface area contributed by atoms with Crippen LogP contribution in [0.4, 0.5) is 0 Å². The minimum atomic E-state index is 0.0359. The van der Waals surface area contributed by atoms with Gasteiger partial charge in [0, 0.05) is 0 Å². The molecule has 1 saturated carbocycles. The molecule has 1 N–H and O–H groups in total. The van der Waals surface area contributed by atoms with Gasteiger partial charge < -0.3 is 5.11 Å². The summed E-state index contributed by atoms with van der Waals surface area (Å²) in [5, 5.41) is 8.91. The quantitative estimate of drug-likeness (QED) is 0.696. The number of rotatable bonds is 2. The third kappa shape index (κ3) is 8.29. The fourth-order valence-electron chi connectivity index (χ4n) is 1.37. The zero-order chi connectivity index (χ0) is 10.1. The Bertz CT molecular complexity index is 91.3. The molecule has 0 aromatic heterocycles. The summed E-state index contributed by atoms with van der Waals surface area (Å²) in [7, 11) is 0. The van der Waals surface area contributed by atoms with Crippen LogP contribution in [0.15, 0.2) is 0 Å². The first-order valence-electron chi connectivity index (χ1n) is 5.88. The first-order valence-corrected chi connectivity index (χ1v) is 5.88. The van der Waals surface area contributed by atoms with Crippen LogP contribution in [0.1, 0.15) is 65.7 Å². The third-order valence-corrected chi connectivity index (χ3v) is 2.97. The smallest absolute Gasteiger partial charge is 0.0540 e. The van der Waals surface area contributed by atoms with E-state index in [9.17, 15) is 0 Å². The molecule has 1 fully saturated rings. The minimum Gasteiger partial charge on any atom is -0.393 e. The number of hydrogen-bond acceptors (Lipinski definition) is 1. The first-order chi connectivity index (χ1) is 6.20. The predicted octanol–water partition coefficient (Wildman–Crippen LogP) is 3.75. The SMILES string of the molecule is CCC(C)CC.OC1CCCCC1. The molecule has 0 atom stereocenters. The summed E-state index contributed by atoms with van der Waals surface area (Å²) in [6.07, 6.45) is 8.58. The van der Waals surface area contributed by atoms with Crippen molar-refractivity contribution in [2.24, 2.45) is 5.92 Å². The lowest BCUT2D eigenvalue weighted by Gasteiger charge is -2.14. The van der Waals surface area contributed by atoms with Gasteiger partial charge >= 0.3 is 0 Å². The number of hydrogen-bond donors (Lipinski definition) is 1. The molecule has 80 valence electrons. The zero-order valence-corrected chi connectivity index (χ0v) is 9.55. The molecule has 0 aromatic carbocycles. The Morgan fingerprint density at radius 1 is 1.08 bits per heavy atom. The fraction of sp³-hybridized carbons (Fsp3) is 1.00. The van der Waals surface area contributed by atoms with E-state index in [2.05, 4.69) is 20.8 Å². The van der Waals surface area contributed by atoms with E-state index in [1.54, 1.807) is 0 Å². The number of aliphatic hydroxyl groups excluding tert-OH is 1. The summed E-state index contributed by atoms with van der Waals surface area (Å²) in [5.74, 6) is 0.935. The molecule has 13 heavy (non-hydrogen) atoms. The largest absolute Gasteiger partial charge is 0.393 e. The lowest BCUT2D eigenvalue weighted by atomic mass is 9.98. The highest BCUT2D eigenvalue weighted by Crippen LogP contribution is 2.16. The van der Waals surface area contributed by atoms with Gasteiger partial charge in [0.1, 0.15) is 0 Å². The van der Waals surface area contributed by atoms with E-state index in [0.29, 0.717) is 0 Å². The standard InChI is InChI=1S/C6H12O.C6H14/c7-6-4-2-1-3-5-6;1-4-6(3)5-2/h6-7H,1-5H2;6H,4-5H2,1-3H3.